The molecule has 0 radical (unpaired) electrons. The van der Waals surface area contributed by atoms with Gasteiger partial charge in [-0.3, -0.25) is 9.36 Å². The SMILES string of the molecule is CCOC(=O)C1=C(C)N=c2s/c(=C\Nc3ccc(Cl)c(C(=O)O)c3)c(=O)n2[C@H]1c1ccc(Cl)cc1. The number of carboxylic acids is 1. The summed E-state index contributed by atoms with van der Waals surface area (Å²) in [6.45, 7) is 3.58. The lowest BCUT2D eigenvalue weighted by atomic mass is 9.96. The summed E-state index contributed by atoms with van der Waals surface area (Å²) in [4.78, 5) is 42.6. The number of halogens is 2. The fourth-order valence-electron chi connectivity index (χ4n) is 3.68. The molecule has 2 heterocycles. The van der Waals surface area contributed by atoms with E-state index in [2.05, 4.69) is 10.3 Å². The van der Waals surface area contributed by atoms with Crippen LogP contribution in [0, 0.1) is 0 Å². The first-order valence-electron chi connectivity index (χ1n) is 10.4. The van der Waals surface area contributed by atoms with Gasteiger partial charge < -0.3 is 15.2 Å². The maximum Gasteiger partial charge on any atom is 0.338 e. The number of carboxylic acid groups (broad SMARTS) is 1. The van der Waals surface area contributed by atoms with Gasteiger partial charge in [0.25, 0.3) is 5.56 Å². The van der Waals surface area contributed by atoms with Crippen LogP contribution < -0.4 is 20.2 Å². The molecule has 1 aromatic heterocycles. The molecule has 0 amide bonds. The molecule has 0 spiro atoms. The summed E-state index contributed by atoms with van der Waals surface area (Å²) < 4.78 is 7.02. The van der Waals surface area contributed by atoms with Crippen molar-refractivity contribution >= 4 is 58.4 Å². The number of nitrogens with one attached hydrogen (secondary N) is 1. The van der Waals surface area contributed by atoms with Gasteiger partial charge in [-0.1, -0.05) is 46.7 Å². The summed E-state index contributed by atoms with van der Waals surface area (Å²) >= 11 is 13.1. The van der Waals surface area contributed by atoms with Crippen molar-refractivity contribution in [2.45, 2.75) is 19.9 Å². The number of rotatable bonds is 6. The number of aromatic carboxylic acids is 1. The highest BCUT2D eigenvalue weighted by atomic mass is 35.5. The van der Waals surface area contributed by atoms with Crippen LogP contribution >= 0.6 is 34.5 Å². The molecule has 3 aromatic rings. The van der Waals surface area contributed by atoms with Gasteiger partial charge in [0.1, 0.15) is 4.53 Å². The smallest absolute Gasteiger partial charge is 0.338 e. The Bertz CT molecular complexity index is 1540. The van der Waals surface area contributed by atoms with Crippen molar-refractivity contribution in [3.8, 4) is 0 Å². The van der Waals surface area contributed by atoms with Gasteiger partial charge >= 0.3 is 11.9 Å². The van der Waals surface area contributed by atoms with Crippen molar-refractivity contribution < 1.29 is 19.4 Å². The Hall–Kier alpha value is -3.40. The van der Waals surface area contributed by atoms with Crippen molar-refractivity contribution in [1.82, 2.24) is 4.57 Å². The molecule has 0 saturated heterocycles. The summed E-state index contributed by atoms with van der Waals surface area (Å²) in [6, 6.07) is 10.6. The van der Waals surface area contributed by atoms with E-state index in [0.717, 1.165) is 11.3 Å². The van der Waals surface area contributed by atoms with Crippen LogP contribution in [0.15, 0.2) is 63.5 Å². The van der Waals surface area contributed by atoms with Gasteiger partial charge in [-0.05, 0) is 49.7 Å². The van der Waals surface area contributed by atoms with Gasteiger partial charge in [-0.2, -0.15) is 0 Å². The molecule has 35 heavy (non-hydrogen) atoms. The van der Waals surface area contributed by atoms with Gasteiger partial charge in [0.15, 0.2) is 4.80 Å². The van der Waals surface area contributed by atoms with Gasteiger partial charge in [0, 0.05) is 16.9 Å². The maximum atomic E-state index is 13.5. The molecule has 8 nitrogen and oxygen atoms in total. The fraction of sp³-hybridized carbons (Fsp3) is 0.167. The number of nitrogens with zero attached hydrogens (tertiary/aromatic N) is 2. The number of ether oxygens (including phenoxy) is 1. The van der Waals surface area contributed by atoms with E-state index in [4.69, 9.17) is 27.9 Å². The number of fused-ring (bicyclic) bond motifs is 1. The van der Waals surface area contributed by atoms with Gasteiger partial charge in [0.2, 0.25) is 0 Å². The molecule has 0 aliphatic carbocycles. The van der Waals surface area contributed by atoms with Crippen LogP contribution in [0.2, 0.25) is 10.0 Å². The van der Waals surface area contributed by atoms with Gasteiger partial charge in [0.05, 0.1) is 34.5 Å². The quantitative estimate of drug-likeness (QED) is 0.467. The number of carbonyl (C=O) groups is 2. The topological polar surface area (TPSA) is 110 Å². The van der Waals surface area contributed by atoms with E-state index in [-0.39, 0.29) is 28.3 Å². The zero-order valence-electron chi connectivity index (χ0n) is 18.5. The Morgan fingerprint density at radius 3 is 2.60 bits per heavy atom. The highest BCUT2D eigenvalue weighted by Crippen LogP contribution is 2.31. The van der Waals surface area contributed by atoms with Crippen molar-refractivity contribution in [2.75, 3.05) is 11.9 Å². The first-order chi connectivity index (χ1) is 16.7. The first-order valence-corrected chi connectivity index (χ1v) is 12.0. The Morgan fingerprint density at radius 2 is 1.94 bits per heavy atom. The molecule has 0 bridgehead atoms. The van der Waals surface area contributed by atoms with Crippen LogP contribution in [0.3, 0.4) is 0 Å². The average molecular weight is 532 g/mol. The third-order valence-electron chi connectivity index (χ3n) is 5.27. The molecule has 0 unspecified atom stereocenters. The molecule has 1 aliphatic rings. The van der Waals surface area contributed by atoms with Crippen LogP contribution in [0.4, 0.5) is 5.69 Å². The van der Waals surface area contributed by atoms with Crippen LogP contribution in [-0.4, -0.2) is 28.2 Å². The lowest BCUT2D eigenvalue weighted by Crippen LogP contribution is -2.40. The third kappa shape index (κ3) is 4.88. The van der Waals surface area contributed by atoms with Gasteiger partial charge in [-0.15, -0.1) is 0 Å². The van der Waals surface area contributed by atoms with Crippen molar-refractivity contribution in [3.05, 3.63) is 94.6 Å². The normalized spacial score (nSPS) is 15.4. The number of carbonyl (C=O) groups excluding carboxylic acids is 1. The molecular formula is C24H19Cl2N3O5S. The monoisotopic (exact) mass is 531 g/mol. The second kappa shape index (κ2) is 10.1. The Kier molecular flexibility index (Phi) is 7.11. The first kappa shape index (κ1) is 24.7. The highest BCUT2D eigenvalue weighted by Gasteiger charge is 2.33. The summed E-state index contributed by atoms with van der Waals surface area (Å²) in [7, 11) is 0. The molecule has 2 aromatic carbocycles. The predicted molar refractivity (Wildman–Crippen MR) is 135 cm³/mol. The summed E-state index contributed by atoms with van der Waals surface area (Å²) in [5.74, 6) is -1.72. The lowest BCUT2D eigenvalue weighted by Gasteiger charge is -2.24. The predicted octanol–water partition coefficient (Wildman–Crippen LogP) is 3.82. The van der Waals surface area contributed by atoms with Crippen LogP contribution in [-0.2, 0) is 9.53 Å². The molecule has 2 N–H and O–H groups in total. The number of thiazole rings is 1. The second-order valence-electron chi connectivity index (χ2n) is 7.50. The molecule has 11 heteroatoms. The zero-order chi connectivity index (χ0) is 25.3. The molecule has 1 atom stereocenters. The zero-order valence-corrected chi connectivity index (χ0v) is 20.9. The molecular weight excluding hydrogens is 513 g/mol. The summed E-state index contributed by atoms with van der Waals surface area (Å²) in [5, 5.41) is 12.9. The number of anilines is 1. The number of allylic oxidation sites excluding steroid dienone is 1. The van der Waals surface area contributed by atoms with Crippen LogP contribution in [0.25, 0.3) is 6.20 Å². The minimum Gasteiger partial charge on any atom is -0.478 e. The Balaban J connectivity index is 1.83. The van der Waals surface area contributed by atoms with E-state index in [1.807, 2.05) is 0 Å². The van der Waals surface area contributed by atoms with Crippen molar-refractivity contribution in [1.29, 1.82) is 0 Å². The third-order valence-corrected chi connectivity index (χ3v) is 6.83. The largest absolute Gasteiger partial charge is 0.478 e. The highest BCUT2D eigenvalue weighted by molar-refractivity contribution is 7.07. The van der Waals surface area contributed by atoms with E-state index >= 15 is 0 Å². The Morgan fingerprint density at radius 1 is 1.23 bits per heavy atom. The van der Waals surface area contributed by atoms with E-state index in [1.165, 1.54) is 22.9 Å². The second-order valence-corrected chi connectivity index (χ2v) is 9.35. The summed E-state index contributed by atoms with van der Waals surface area (Å²) in [5.41, 5.74) is 1.40. The molecule has 4 rings (SSSR count). The number of esters is 1. The number of hydrogen-bond acceptors (Lipinski definition) is 7. The molecule has 180 valence electrons. The number of aromatic nitrogens is 1. The van der Waals surface area contributed by atoms with E-state index in [1.54, 1.807) is 44.2 Å². The van der Waals surface area contributed by atoms with Crippen LogP contribution in [0.1, 0.15) is 35.8 Å². The average Bonchev–Trinajstić information content (AvgIpc) is 3.13. The minimum absolute atomic E-state index is 0.0658. The van der Waals surface area contributed by atoms with Crippen molar-refractivity contribution in [2.24, 2.45) is 4.99 Å². The van der Waals surface area contributed by atoms with Gasteiger partial charge in [-0.25, -0.2) is 14.6 Å². The summed E-state index contributed by atoms with van der Waals surface area (Å²) in [6.07, 6.45) is 1.47. The van der Waals surface area contributed by atoms with E-state index in [9.17, 15) is 19.5 Å². The van der Waals surface area contributed by atoms with E-state index < -0.39 is 18.0 Å². The molecule has 1 aliphatic heterocycles. The fourth-order valence-corrected chi connectivity index (χ4v) is 4.97. The lowest BCUT2D eigenvalue weighted by molar-refractivity contribution is -0.139. The van der Waals surface area contributed by atoms with Crippen molar-refractivity contribution in [3.63, 3.8) is 0 Å². The molecule has 0 saturated carbocycles. The molecule has 0 fully saturated rings. The number of benzene rings is 2. The van der Waals surface area contributed by atoms with Crippen LogP contribution in [0.5, 0.6) is 0 Å². The maximum absolute atomic E-state index is 13.5. The standard InChI is InChI=1S/C24H19Cl2N3O5S/c1-3-34-23(33)19-12(2)28-24-29(20(19)13-4-6-14(25)7-5-13)21(30)18(35-24)11-27-15-8-9-17(26)16(10-15)22(31)32/h4-11,20,27H,3H2,1-2H3,(H,31,32)/b18-11-/t20-/m0/s1. The number of hydrogen-bond donors (Lipinski definition) is 2. The van der Waals surface area contributed by atoms with E-state index in [0.29, 0.717) is 31.3 Å². The minimum atomic E-state index is -1.16. The Labute approximate surface area is 213 Å².